The van der Waals surface area contributed by atoms with Crippen molar-refractivity contribution in [2.45, 2.75) is 11.0 Å². The number of rotatable bonds is 6. The molecular formula is C24H27NO4S2. The van der Waals surface area contributed by atoms with Crippen molar-refractivity contribution < 1.29 is 19.0 Å². The molecule has 0 spiro atoms. The van der Waals surface area contributed by atoms with Gasteiger partial charge in [0.2, 0.25) is 0 Å². The van der Waals surface area contributed by atoms with Crippen molar-refractivity contribution >= 4 is 35.0 Å². The molecule has 0 unspecified atom stereocenters. The molecule has 2 aromatic carbocycles. The van der Waals surface area contributed by atoms with Crippen LogP contribution in [0.25, 0.3) is 5.57 Å². The van der Waals surface area contributed by atoms with Crippen molar-refractivity contribution in [1.82, 2.24) is 4.90 Å². The van der Waals surface area contributed by atoms with Crippen LogP contribution < -0.4 is 14.2 Å². The van der Waals surface area contributed by atoms with Crippen molar-refractivity contribution in [2.75, 3.05) is 45.9 Å². The van der Waals surface area contributed by atoms with E-state index in [2.05, 4.69) is 18.2 Å². The minimum absolute atomic E-state index is 0.0715. The Hall–Kier alpha value is -2.25. The minimum atomic E-state index is 0.0715. The number of methoxy groups -OCH3 is 3. The van der Waals surface area contributed by atoms with Crippen molar-refractivity contribution in [2.24, 2.45) is 0 Å². The van der Waals surface area contributed by atoms with Crippen LogP contribution in [-0.2, 0) is 0 Å². The molecule has 2 heterocycles. The molecule has 5 nitrogen and oxygen atoms in total. The van der Waals surface area contributed by atoms with Crippen LogP contribution in [0.1, 0.15) is 32.5 Å². The summed E-state index contributed by atoms with van der Waals surface area (Å²) in [6.45, 7) is 1.21. The number of nitrogens with zero attached hydrogens (tertiary/aromatic N) is 1. The molecule has 1 saturated heterocycles. The molecule has 0 atom stereocenters. The largest absolute Gasteiger partial charge is 0.496 e. The quantitative estimate of drug-likeness (QED) is 0.600. The van der Waals surface area contributed by atoms with Gasteiger partial charge in [-0.25, -0.2) is 0 Å². The molecule has 2 aliphatic rings. The topological polar surface area (TPSA) is 48.0 Å². The van der Waals surface area contributed by atoms with Gasteiger partial charge in [0.05, 0.1) is 31.5 Å². The zero-order chi connectivity index (χ0) is 21.8. The second-order valence-corrected chi connectivity index (χ2v) is 10.1. The maximum atomic E-state index is 13.0. The Morgan fingerprint density at radius 3 is 2.13 bits per heavy atom. The number of carbonyl (C=O) groups excluding carboxylic acids is 1. The zero-order valence-electron chi connectivity index (χ0n) is 18.1. The lowest BCUT2D eigenvalue weighted by Crippen LogP contribution is -2.34. The number of ether oxygens (including phenoxy) is 3. The van der Waals surface area contributed by atoms with Crippen LogP contribution in [0.5, 0.6) is 17.2 Å². The second kappa shape index (κ2) is 9.92. The van der Waals surface area contributed by atoms with E-state index in [-0.39, 0.29) is 5.91 Å². The summed E-state index contributed by atoms with van der Waals surface area (Å²) < 4.78 is 17.0. The first kappa shape index (κ1) is 22.0. The van der Waals surface area contributed by atoms with Crippen LogP contribution in [0.15, 0.2) is 42.5 Å². The molecule has 0 saturated carbocycles. The van der Waals surface area contributed by atoms with Gasteiger partial charge in [-0.1, -0.05) is 18.2 Å². The second-order valence-electron chi connectivity index (χ2n) is 7.33. The van der Waals surface area contributed by atoms with Crippen molar-refractivity contribution in [3.05, 3.63) is 59.2 Å². The normalized spacial score (nSPS) is 16.7. The first-order chi connectivity index (χ1) is 15.1. The fourth-order valence-electron chi connectivity index (χ4n) is 3.92. The third-order valence-electron chi connectivity index (χ3n) is 5.58. The summed E-state index contributed by atoms with van der Waals surface area (Å²) in [6.07, 6.45) is 2.83. The highest BCUT2D eigenvalue weighted by molar-refractivity contribution is 8.19. The molecule has 0 N–H and O–H groups in total. The Balaban J connectivity index is 1.50. The summed E-state index contributed by atoms with van der Waals surface area (Å²) in [7, 11) is 4.90. The molecule has 0 bridgehead atoms. The molecule has 0 aliphatic carbocycles. The third kappa shape index (κ3) is 4.67. The van der Waals surface area contributed by atoms with E-state index in [0.717, 1.165) is 23.1 Å². The highest BCUT2D eigenvalue weighted by atomic mass is 32.2. The van der Waals surface area contributed by atoms with Crippen LogP contribution in [-0.4, -0.2) is 56.7 Å². The van der Waals surface area contributed by atoms with E-state index >= 15 is 0 Å². The number of benzene rings is 2. The van der Waals surface area contributed by atoms with Gasteiger partial charge in [-0.2, -0.15) is 0 Å². The van der Waals surface area contributed by atoms with Gasteiger partial charge in [-0.15, -0.1) is 23.5 Å². The average Bonchev–Trinajstić information content (AvgIpc) is 3.38. The first-order valence-electron chi connectivity index (χ1n) is 10.3. The SMILES string of the molecule is COc1cc(OC)c(C2=CCN(C(=O)c3ccc(C4SCCS4)cc3)CC2)c(OC)c1. The molecule has 164 valence electrons. The van der Waals surface area contributed by atoms with Crippen LogP contribution in [0, 0.1) is 0 Å². The summed E-state index contributed by atoms with van der Waals surface area (Å²) in [5.74, 6) is 4.57. The Bertz CT molecular complexity index is 943. The van der Waals surface area contributed by atoms with E-state index < -0.39 is 0 Å². The number of amides is 1. The highest BCUT2D eigenvalue weighted by Gasteiger charge is 2.24. The van der Waals surface area contributed by atoms with Crippen molar-refractivity contribution in [3.8, 4) is 17.2 Å². The van der Waals surface area contributed by atoms with Crippen molar-refractivity contribution in [3.63, 3.8) is 0 Å². The van der Waals surface area contributed by atoms with Gasteiger partial charge in [-0.3, -0.25) is 4.79 Å². The van der Waals surface area contributed by atoms with Gasteiger partial charge < -0.3 is 19.1 Å². The van der Waals surface area contributed by atoms with Crippen LogP contribution in [0.2, 0.25) is 0 Å². The number of hydrogen-bond donors (Lipinski definition) is 0. The van der Waals surface area contributed by atoms with Gasteiger partial charge in [0.15, 0.2) is 0 Å². The number of thioether (sulfide) groups is 2. The minimum Gasteiger partial charge on any atom is -0.496 e. The Labute approximate surface area is 192 Å². The van der Waals surface area contributed by atoms with E-state index in [1.165, 1.54) is 17.1 Å². The smallest absolute Gasteiger partial charge is 0.254 e. The highest BCUT2D eigenvalue weighted by Crippen LogP contribution is 2.45. The number of hydrogen-bond acceptors (Lipinski definition) is 6. The zero-order valence-corrected chi connectivity index (χ0v) is 19.7. The van der Waals surface area contributed by atoms with Crippen LogP contribution in [0.4, 0.5) is 0 Å². The van der Waals surface area contributed by atoms with E-state index in [4.69, 9.17) is 14.2 Å². The lowest BCUT2D eigenvalue weighted by molar-refractivity contribution is 0.0773. The van der Waals surface area contributed by atoms with Gasteiger partial charge in [0, 0.05) is 42.3 Å². The van der Waals surface area contributed by atoms with Gasteiger partial charge in [0.1, 0.15) is 17.2 Å². The predicted octanol–water partition coefficient (Wildman–Crippen LogP) is 5.12. The maximum absolute atomic E-state index is 13.0. The summed E-state index contributed by atoms with van der Waals surface area (Å²) in [5.41, 5.74) is 4.08. The Morgan fingerprint density at radius 1 is 0.968 bits per heavy atom. The molecular weight excluding hydrogens is 430 g/mol. The fraction of sp³-hybridized carbons (Fsp3) is 0.375. The molecule has 2 aliphatic heterocycles. The molecule has 7 heteroatoms. The Morgan fingerprint density at radius 2 is 1.61 bits per heavy atom. The first-order valence-corrected chi connectivity index (χ1v) is 12.4. The summed E-state index contributed by atoms with van der Waals surface area (Å²) in [6, 6.07) is 11.8. The summed E-state index contributed by atoms with van der Waals surface area (Å²) in [5, 5.41) is 0. The van der Waals surface area contributed by atoms with Gasteiger partial charge >= 0.3 is 0 Å². The molecule has 0 radical (unpaired) electrons. The predicted molar refractivity (Wildman–Crippen MR) is 129 cm³/mol. The molecule has 1 fully saturated rings. The summed E-state index contributed by atoms with van der Waals surface area (Å²) >= 11 is 3.95. The molecule has 4 rings (SSSR count). The van der Waals surface area contributed by atoms with Crippen LogP contribution >= 0.6 is 23.5 Å². The van der Waals surface area contributed by atoms with Gasteiger partial charge in [-0.05, 0) is 29.7 Å². The van der Waals surface area contributed by atoms with Crippen molar-refractivity contribution in [1.29, 1.82) is 0 Å². The molecule has 2 aromatic rings. The van der Waals surface area contributed by atoms with E-state index in [1.54, 1.807) is 21.3 Å². The number of carbonyl (C=O) groups is 1. The standard InChI is InChI=1S/C24H27NO4S2/c1-27-19-14-20(28-2)22(21(15-19)29-3)16-8-10-25(11-9-16)23(26)17-4-6-18(7-5-17)24-30-12-13-31-24/h4-8,14-15,24H,9-13H2,1-3H3. The van der Waals surface area contributed by atoms with E-state index in [1.807, 2.05) is 52.7 Å². The molecule has 1 amide bonds. The fourth-order valence-corrected chi connectivity index (χ4v) is 6.78. The van der Waals surface area contributed by atoms with Gasteiger partial charge in [0.25, 0.3) is 5.91 Å². The van der Waals surface area contributed by atoms with E-state index in [0.29, 0.717) is 34.9 Å². The Kier molecular flexibility index (Phi) is 7.02. The average molecular weight is 458 g/mol. The van der Waals surface area contributed by atoms with E-state index in [9.17, 15) is 4.79 Å². The summed E-state index contributed by atoms with van der Waals surface area (Å²) in [4.78, 5) is 14.9. The lowest BCUT2D eigenvalue weighted by atomic mass is 9.96. The third-order valence-corrected chi connectivity index (χ3v) is 8.69. The molecule has 0 aromatic heterocycles. The lowest BCUT2D eigenvalue weighted by Gasteiger charge is -2.28. The molecule has 31 heavy (non-hydrogen) atoms. The monoisotopic (exact) mass is 457 g/mol. The van der Waals surface area contributed by atoms with Crippen LogP contribution in [0.3, 0.4) is 0 Å². The maximum Gasteiger partial charge on any atom is 0.254 e.